The van der Waals surface area contributed by atoms with Crippen molar-refractivity contribution in [3.05, 3.63) is 96.8 Å². The molecule has 0 unspecified atom stereocenters. The minimum Gasteiger partial charge on any atom is -0.493 e. The van der Waals surface area contributed by atoms with Gasteiger partial charge < -0.3 is 9.47 Å². The summed E-state index contributed by atoms with van der Waals surface area (Å²) in [4.78, 5) is 25.8. The van der Waals surface area contributed by atoms with Crippen LogP contribution in [0.1, 0.15) is 21.5 Å². The van der Waals surface area contributed by atoms with Crippen LogP contribution in [0, 0.1) is 0 Å². The summed E-state index contributed by atoms with van der Waals surface area (Å²) < 4.78 is 12.4. The molecular weight excluding hydrogens is 607 g/mol. The number of ether oxygens (including phenoxy) is 2. The van der Waals surface area contributed by atoms with E-state index in [1.165, 1.54) is 7.11 Å². The Morgan fingerprint density at radius 3 is 2.47 bits per heavy atom. The first-order valence-corrected chi connectivity index (χ1v) is 13.1. The summed E-state index contributed by atoms with van der Waals surface area (Å²) in [6.45, 7) is 0.158. The third-order valence-electron chi connectivity index (χ3n) is 5.03. The van der Waals surface area contributed by atoms with Crippen molar-refractivity contribution in [2.45, 2.75) is 6.61 Å². The second-order valence-electron chi connectivity index (χ2n) is 7.36. The number of hydrogen-bond donors (Lipinski definition) is 1. The Balaban J connectivity index is 1.48. The van der Waals surface area contributed by atoms with Crippen molar-refractivity contribution in [3.8, 4) is 11.5 Å². The van der Waals surface area contributed by atoms with Crippen molar-refractivity contribution in [2.75, 3.05) is 7.11 Å². The minimum atomic E-state index is -0.443. The van der Waals surface area contributed by atoms with E-state index < -0.39 is 11.8 Å². The molecule has 1 saturated heterocycles. The van der Waals surface area contributed by atoms with E-state index >= 15 is 0 Å². The van der Waals surface area contributed by atoms with Crippen molar-refractivity contribution in [1.29, 1.82) is 0 Å². The molecule has 3 aromatic carbocycles. The van der Waals surface area contributed by atoms with Gasteiger partial charge in [-0.3, -0.25) is 15.0 Å². The van der Waals surface area contributed by atoms with Crippen molar-refractivity contribution >= 4 is 85.3 Å². The molecule has 0 aliphatic carbocycles. The lowest BCUT2D eigenvalue weighted by atomic mass is 10.2. The van der Waals surface area contributed by atoms with Gasteiger partial charge in [-0.15, -0.1) is 0 Å². The van der Waals surface area contributed by atoms with Crippen LogP contribution in [0.25, 0.3) is 6.08 Å². The van der Waals surface area contributed by atoms with Crippen molar-refractivity contribution < 1.29 is 19.1 Å². The van der Waals surface area contributed by atoms with E-state index in [2.05, 4.69) is 21.4 Å². The second-order valence-corrected chi connectivity index (χ2v) is 10.8. The molecule has 6 nitrogen and oxygen atoms in total. The van der Waals surface area contributed by atoms with Crippen LogP contribution in [-0.2, 0) is 11.4 Å². The fourth-order valence-electron chi connectivity index (χ4n) is 3.20. The Kier molecular flexibility index (Phi) is 8.58. The number of methoxy groups -OCH3 is 1. The molecule has 1 aliphatic rings. The normalized spacial score (nSPS) is 14.3. The highest BCUT2D eigenvalue weighted by Crippen LogP contribution is 2.35. The highest BCUT2D eigenvalue weighted by atomic mass is 79.9. The molecule has 0 saturated carbocycles. The van der Waals surface area contributed by atoms with E-state index in [-0.39, 0.29) is 10.9 Å². The molecule has 36 heavy (non-hydrogen) atoms. The van der Waals surface area contributed by atoms with Crippen molar-refractivity contribution in [3.63, 3.8) is 0 Å². The zero-order valence-corrected chi connectivity index (χ0v) is 23.3. The third-order valence-corrected chi connectivity index (χ3v) is 7.57. The lowest BCUT2D eigenvalue weighted by molar-refractivity contribution is -0.123. The molecule has 0 bridgehead atoms. The number of amides is 2. The van der Waals surface area contributed by atoms with Gasteiger partial charge in [0.1, 0.15) is 6.61 Å². The van der Waals surface area contributed by atoms with Crippen LogP contribution in [0.2, 0.25) is 10.0 Å². The fourth-order valence-corrected chi connectivity index (χ4v) is 5.15. The lowest BCUT2D eigenvalue weighted by Gasteiger charge is -2.15. The van der Waals surface area contributed by atoms with Gasteiger partial charge in [0.15, 0.2) is 15.8 Å². The van der Waals surface area contributed by atoms with Gasteiger partial charge in [-0.05, 0) is 72.4 Å². The predicted octanol–water partition coefficient (Wildman–Crippen LogP) is 6.89. The van der Waals surface area contributed by atoms with Crippen LogP contribution >= 0.6 is 63.1 Å². The molecule has 1 N–H and O–H groups in total. The van der Waals surface area contributed by atoms with E-state index in [1.54, 1.807) is 66.7 Å². The standard InChI is InChI=1S/C25H17BrCl2N2O4S2/c1-33-21-11-14(5-10-20(21)34-13-17-18(27)3-2-4-19(17)28)12-22-24(32)30(25(35)36-22)29-23(31)15-6-8-16(26)9-7-15/h2-12H,13H2,1H3,(H,29,31)/b22-12-. The van der Waals surface area contributed by atoms with Crippen LogP contribution in [-0.4, -0.2) is 28.3 Å². The molecule has 2 amide bonds. The smallest absolute Gasteiger partial charge is 0.285 e. The molecule has 0 atom stereocenters. The number of hydrogen-bond acceptors (Lipinski definition) is 6. The monoisotopic (exact) mass is 622 g/mol. The number of carbonyl (C=O) groups excluding carboxylic acids is 2. The number of thioether (sulfide) groups is 1. The number of nitrogens with one attached hydrogen (secondary N) is 1. The Bertz CT molecular complexity index is 1360. The van der Waals surface area contributed by atoms with Gasteiger partial charge in [0.2, 0.25) is 0 Å². The lowest BCUT2D eigenvalue weighted by Crippen LogP contribution is -2.44. The SMILES string of the molecule is COc1cc(/C=C2\SC(=S)N(NC(=O)c3ccc(Br)cc3)C2=O)ccc1OCc1c(Cl)cccc1Cl. The first-order chi connectivity index (χ1) is 17.3. The molecule has 1 aliphatic heterocycles. The van der Waals surface area contributed by atoms with E-state index in [1.807, 2.05) is 0 Å². The third kappa shape index (κ3) is 6.04. The van der Waals surface area contributed by atoms with Gasteiger partial charge in [0.05, 0.1) is 12.0 Å². The molecule has 1 fully saturated rings. The van der Waals surface area contributed by atoms with Crippen LogP contribution in [0.4, 0.5) is 0 Å². The molecule has 0 radical (unpaired) electrons. The summed E-state index contributed by atoms with van der Waals surface area (Å²) in [5.74, 6) is 0.0795. The Morgan fingerprint density at radius 2 is 1.81 bits per heavy atom. The Labute approximate surface area is 235 Å². The van der Waals surface area contributed by atoms with Gasteiger partial charge in [-0.25, -0.2) is 0 Å². The summed E-state index contributed by atoms with van der Waals surface area (Å²) in [5, 5.41) is 2.08. The number of halogens is 3. The molecule has 3 aromatic rings. The predicted molar refractivity (Wildman–Crippen MR) is 150 cm³/mol. The molecular formula is C25H17BrCl2N2O4S2. The van der Waals surface area contributed by atoms with Crippen LogP contribution in [0.3, 0.4) is 0 Å². The van der Waals surface area contributed by atoms with Gasteiger partial charge in [-0.1, -0.05) is 63.0 Å². The molecule has 0 aromatic heterocycles. The maximum absolute atomic E-state index is 12.9. The van der Waals surface area contributed by atoms with Crippen LogP contribution in [0.15, 0.2) is 70.0 Å². The van der Waals surface area contributed by atoms with Crippen LogP contribution < -0.4 is 14.9 Å². The number of thiocarbonyl (C=S) groups is 1. The number of rotatable bonds is 7. The number of nitrogens with zero attached hydrogens (tertiary/aromatic N) is 1. The van der Waals surface area contributed by atoms with Crippen molar-refractivity contribution in [1.82, 2.24) is 10.4 Å². The average molecular weight is 624 g/mol. The summed E-state index contributed by atoms with van der Waals surface area (Å²) in [7, 11) is 1.52. The first kappa shape index (κ1) is 26.5. The number of hydrazine groups is 1. The minimum absolute atomic E-state index is 0.158. The summed E-state index contributed by atoms with van der Waals surface area (Å²) in [6, 6.07) is 17.2. The van der Waals surface area contributed by atoms with Gasteiger partial charge in [0.25, 0.3) is 11.8 Å². The maximum Gasteiger partial charge on any atom is 0.285 e. The second kappa shape index (κ2) is 11.7. The van der Waals surface area contributed by atoms with E-state index in [9.17, 15) is 9.59 Å². The Hall–Kier alpha value is -2.56. The molecule has 11 heteroatoms. The highest BCUT2D eigenvalue weighted by Gasteiger charge is 2.33. The van der Waals surface area contributed by atoms with E-state index in [0.717, 1.165) is 21.2 Å². The van der Waals surface area contributed by atoms with Crippen LogP contribution in [0.5, 0.6) is 11.5 Å². The molecule has 184 valence electrons. The molecule has 0 spiro atoms. The van der Waals surface area contributed by atoms with Gasteiger partial charge in [0, 0.05) is 25.6 Å². The summed E-state index contributed by atoms with van der Waals surface area (Å²) in [5.41, 5.74) is 4.32. The van der Waals surface area contributed by atoms with E-state index in [0.29, 0.717) is 43.1 Å². The quantitative estimate of drug-likeness (QED) is 0.228. The zero-order chi connectivity index (χ0) is 25.8. The zero-order valence-electron chi connectivity index (χ0n) is 18.6. The highest BCUT2D eigenvalue weighted by molar-refractivity contribution is 9.10. The Morgan fingerprint density at radius 1 is 1.11 bits per heavy atom. The topological polar surface area (TPSA) is 67.9 Å². The largest absolute Gasteiger partial charge is 0.493 e. The maximum atomic E-state index is 12.9. The van der Waals surface area contributed by atoms with E-state index in [4.69, 9.17) is 44.9 Å². The summed E-state index contributed by atoms with van der Waals surface area (Å²) in [6.07, 6.45) is 1.67. The number of carbonyl (C=O) groups is 2. The molecule has 1 heterocycles. The first-order valence-electron chi connectivity index (χ1n) is 10.3. The number of benzene rings is 3. The molecule has 4 rings (SSSR count). The average Bonchev–Trinajstić information content (AvgIpc) is 3.11. The van der Waals surface area contributed by atoms with Gasteiger partial charge in [-0.2, -0.15) is 5.01 Å². The summed E-state index contributed by atoms with van der Waals surface area (Å²) >= 11 is 22.2. The fraction of sp³-hybridized carbons (Fsp3) is 0.0800. The van der Waals surface area contributed by atoms with Gasteiger partial charge >= 0.3 is 0 Å². The van der Waals surface area contributed by atoms with Crippen molar-refractivity contribution in [2.24, 2.45) is 0 Å².